The zero-order chi connectivity index (χ0) is 11.5. The number of carbonyl (C=O) groups is 1. The van der Waals surface area contributed by atoms with Crippen molar-refractivity contribution in [3.63, 3.8) is 0 Å². The second-order valence-electron chi connectivity index (χ2n) is 4.32. The number of thiazole rings is 1. The Morgan fingerprint density at radius 1 is 1.56 bits per heavy atom. The van der Waals surface area contributed by atoms with E-state index < -0.39 is 0 Å². The second kappa shape index (κ2) is 4.93. The lowest BCUT2D eigenvalue weighted by Gasteiger charge is -2.27. The first-order valence-corrected chi connectivity index (χ1v) is 6.38. The molecular formula is C11H17N3OS. The third-order valence-electron chi connectivity index (χ3n) is 2.92. The molecule has 0 aliphatic carbocycles. The first kappa shape index (κ1) is 11.5. The van der Waals surface area contributed by atoms with Crippen molar-refractivity contribution >= 4 is 22.8 Å². The highest BCUT2D eigenvalue weighted by Crippen LogP contribution is 2.24. The Morgan fingerprint density at radius 3 is 3.06 bits per heavy atom. The SMILES string of the molecule is CC1CN(C)CCCN1c1ncc(C=O)s1. The van der Waals surface area contributed by atoms with E-state index >= 15 is 0 Å². The van der Waals surface area contributed by atoms with Crippen molar-refractivity contribution in [2.45, 2.75) is 19.4 Å². The maximum atomic E-state index is 10.6. The average molecular weight is 239 g/mol. The molecule has 0 bridgehead atoms. The van der Waals surface area contributed by atoms with Gasteiger partial charge in [-0.2, -0.15) is 0 Å². The van der Waals surface area contributed by atoms with E-state index in [0.29, 0.717) is 10.9 Å². The summed E-state index contributed by atoms with van der Waals surface area (Å²) in [4.78, 5) is 20.3. The molecule has 1 unspecified atom stereocenters. The molecule has 2 heterocycles. The van der Waals surface area contributed by atoms with E-state index in [9.17, 15) is 4.79 Å². The number of hydrogen-bond donors (Lipinski definition) is 0. The molecular weight excluding hydrogens is 222 g/mol. The number of anilines is 1. The Labute approximate surface area is 99.9 Å². The molecule has 2 rings (SSSR count). The standard InChI is InChI=1S/C11H17N3OS/c1-9-7-13(2)4-3-5-14(9)11-12-6-10(8-15)16-11/h6,8-9H,3-5,7H2,1-2H3. The Balaban J connectivity index is 2.15. The highest BCUT2D eigenvalue weighted by molar-refractivity contribution is 7.17. The number of hydrogen-bond acceptors (Lipinski definition) is 5. The summed E-state index contributed by atoms with van der Waals surface area (Å²) in [6.07, 6.45) is 3.68. The Bertz CT molecular complexity index is 366. The van der Waals surface area contributed by atoms with Crippen LogP contribution in [0.3, 0.4) is 0 Å². The minimum absolute atomic E-state index is 0.457. The van der Waals surface area contributed by atoms with Crippen molar-refractivity contribution < 1.29 is 4.79 Å². The summed E-state index contributed by atoms with van der Waals surface area (Å²) in [5.74, 6) is 0. The van der Waals surface area contributed by atoms with Gasteiger partial charge in [-0.05, 0) is 26.9 Å². The van der Waals surface area contributed by atoms with E-state index in [1.54, 1.807) is 6.20 Å². The molecule has 88 valence electrons. The topological polar surface area (TPSA) is 36.4 Å². The molecule has 16 heavy (non-hydrogen) atoms. The fourth-order valence-corrected chi connectivity index (χ4v) is 2.98. The van der Waals surface area contributed by atoms with E-state index in [4.69, 9.17) is 0 Å². The predicted molar refractivity (Wildman–Crippen MR) is 66.4 cm³/mol. The van der Waals surface area contributed by atoms with Crippen LogP contribution in [-0.2, 0) is 0 Å². The molecule has 1 aromatic rings. The van der Waals surface area contributed by atoms with Gasteiger partial charge in [-0.25, -0.2) is 4.98 Å². The van der Waals surface area contributed by atoms with Crippen LogP contribution in [0.5, 0.6) is 0 Å². The molecule has 1 aromatic heterocycles. The van der Waals surface area contributed by atoms with Crippen LogP contribution in [-0.4, -0.2) is 48.9 Å². The Hall–Kier alpha value is -0.940. The van der Waals surface area contributed by atoms with Crippen LogP contribution in [0, 0.1) is 0 Å². The number of rotatable bonds is 2. The number of likely N-dealkylation sites (N-methyl/N-ethyl adjacent to an activating group) is 1. The first-order valence-electron chi connectivity index (χ1n) is 5.57. The van der Waals surface area contributed by atoms with Crippen molar-refractivity contribution in [1.82, 2.24) is 9.88 Å². The molecule has 4 nitrogen and oxygen atoms in total. The quantitative estimate of drug-likeness (QED) is 0.733. The fourth-order valence-electron chi connectivity index (χ4n) is 2.12. The number of aldehydes is 1. The van der Waals surface area contributed by atoms with Crippen LogP contribution >= 0.6 is 11.3 Å². The van der Waals surface area contributed by atoms with Gasteiger partial charge in [0.1, 0.15) is 0 Å². The molecule has 1 atom stereocenters. The number of nitrogens with zero attached hydrogens (tertiary/aromatic N) is 3. The lowest BCUT2D eigenvalue weighted by Crippen LogP contribution is -2.37. The largest absolute Gasteiger partial charge is 0.344 e. The maximum absolute atomic E-state index is 10.6. The van der Waals surface area contributed by atoms with Crippen LogP contribution < -0.4 is 4.90 Å². The summed E-state index contributed by atoms with van der Waals surface area (Å²) >= 11 is 1.48. The molecule has 1 aliphatic heterocycles. The Kier molecular flexibility index (Phi) is 3.56. The van der Waals surface area contributed by atoms with Crippen molar-refractivity contribution in [2.75, 3.05) is 31.6 Å². The van der Waals surface area contributed by atoms with E-state index in [-0.39, 0.29) is 0 Å². The van der Waals surface area contributed by atoms with Gasteiger partial charge in [-0.3, -0.25) is 4.79 Å². The van der Waals surface area contributed by atoms with Gasteiger partial charge in [0.05, 0.1) is 11.1 Å². The number of carbonyl (C=O) groups excluding carboxylic acids is 1. The minimum atomic E-state index is 0.457. The molecule has 0 saturated carbocycles. The van der Waals surface area contributed by atoms with Crippen LogP contribution in [0.2, 0.25) is 0 Å². The van der Waals surface area contributed by atoms with E-state index in [1.807, 2.05) is 0 Å². The van der Waals surface area contributed by atoms with E-state index in [1.165, 1.54) is 11.3 Å². The monoisotopic (exact) mass is 239 g/mol. The fraction of sp³-hybridized carbons (Fsp3) is 0.636. The molecule has 1 fully saturated rings. The molecule has 0 aromatic carbocycles. The number of aromatic nitrogens is 1. The maximum Gasteiger partial charge on any atom is 0.186 e. The molecule has 0 N–H and O–H groups in total. The van der Waals surface area contributed by atoms with E-state index in [0.717, 1.165) is 37.5 Å². The van der Waals surface area contributed by atoms with Gasteiger partial charge < -0.3 is 9.80 Å². The summed E-state index contributed by atoms with van der Waals surface area (Å²) in [7, 11) is 2.15. The highest BCUT2D eigenvalue weighted by atomic mass is 32.1. The third-order valence-corrected chi connectivity index (χ3v) is 3.88. The average Bonchev–Trinajstić information content (AvgIpc) is 2.65. The van der Waals surface area contributed by atoms with Gasteiger partial charge in [0.2, 0.25) is 0 Å². The van der Waals surface area contributed by atoms with Crippen LogP contribution in [0.4, 0.5) is 5.13 Å². The van der Waals surface area contributed by atoms with Gasteiger partial charge in [-0.15, -0.1) is 0 Å². The molecule has 0 radical (unpaired) electrons. The van der Waals surface area contributed by atoms with Crippen molar-refractivity contribution in [2.24, 2.45) is 0 Å². The molecule has 1 aliphatic rings. The van der Waals surface area contributed by atoms with Gasteiger partial charge in [0.15, 0.2) is 11.4 Å². The van der Waals surface area contributed by atoms with E-state index in [2.05, 4.69) is 28.8 Å². The molecule has 1 saturated heterocycles. The normalized spacial score (nSPS) is 23.1. The van der Waals surface area contributed by atoms with Gasteiger partial charge in [0.25, 0.3) is 0 Å². The first-order chi connectivity index (χ1) is 7.70. The lowest BCUT2D eigenvalue weighted by molar-refractivity contribution is 0.112. The molecule has 0 spiro atoms. The van der Waals surface area contributed by atoms with Crippen molar-refractivity contribution in [3.8, 4) is 0 Å². The van der Waals surface area contributed by atoms with Gasteiger partial charge in [0, 0.05) is 19.1 Å². The Morgan fingerprint density at radius 2 is 2.38 bits per heavy atom. The zero-order valence-corrected chi connectivity index (χ0v) is 10.5. The van der Waals surface area contributed by atoms with Gasteiger partial charge >= 0.3 is 0 Å². The summed E-state index contributed by atoms with van der Waals surface area (Å²) < 4.78 is 0. The lowest BCUT2D eigenvalue weighted by atomic mass is 10.3. The minimum Gasteiger partial charge on any atom is -0.344 e. The summed E-state index contributed by atoms with van der Waals surface area (Å²) in [6.45, 7) is 5.42. The van der Waals surface area contributed by atoms with Crippen molar-refractivity contribution in [3.05, 3.63) is 11.1 Å². The summed E-state index contributed by atoms with van der Waals surface area (Å²) in [6, 6.07) is 0.457. The second-order valence-corrected chi connectivity index (χ2v) is 5.36. The van der Waals surface area contributed by atoms with Crippen LogP contribution in [0.1, 0.15) is 23.0 Å². The van der Waals surface area contributed by atoms with Crippen molar-refractivity contribution in [1.29, 1.82) is 0 Å². The third kappa shape index (κ3) is 2.41. The smallest absolute Gasteiger partial charge is 0.186 e. The predicted octanol–water partition coefficient (Wildman–Crippen LogP) is 1.49. The molecule has 5 heteroatoms. The van der Waals surface area contributed by atoms with Crippen LogP contribution in [0.25, 0.3) is 0 Å². The summed E-state index contributed by atoms with van der Waals surface area (Å²) in [5, 5.41) is 0.977. The molecule has 0 amide bonds. The van der Waals surface area contributed by atoms with Crippen LogP contribution in [0.15, 0.2) is 6.20 Å². The zero-order valence-electron chi connectivity index (χ0n) is 9.72. The highest BCUT2D eigenvalue weighted by Gasteiger charge is 2.21. The summed E-state index contributed by atoms with van der Waals surface area (Å²) in [5.41, 5.74) is 0. The van der Waals surface area contributed by atoms with Gasteiger partial charge in [-0.1, -0.05) is 11.3 Å².